The Labute approximate surface area is 168 Å². The van der Waals surface area contributed by atoms with E-state index < -0.39 is 17.7 Å². The van der Waals surface area contributed by atoms with Crippen molar-refractivity contribution < 1.29 is 19.1 Å². The molecule has 0 radical (unpaired) electrons. The SMILES string of the molecule is CNC(=O)NC1CCN(C(=O)[C@H](N)CCCCCNC(=O)OC(C)(C)C)CC1. The number of hydrogen-bond acceptors (Lipinski definition) is 5. The van der Waals surface area contributed by atoms with E-state index in [1.165, 1.54) is 0 Å². The van der Waals surface area contributed by atoms with Crippen molar-refractivity contribution in [1.29, 1.82) is 0 Å². The molecule has 1 atom stereocenters. The summed E-state index contributed by atoms with van der Waals surface area (Å²) in [5, 5.41) is 8.13. The van der Waals surface area contributed by atoms with Crippen molar-refractivity contribution in [2.75, 3.05) is 26.7 Å². The highest BCUT2D eigenvalue weighted by molar-refractivity contribution is 5.81. The molecule has 0 aliphatic carbocycles. The van der Waals surface area contributed by atoms with E-state index in [0.29, 0.717) is 26.1 Å². The van der Waals surface area contributed by atoms with Crippen LogP contribution in [0.4, 0.5) is 9.59 Å². The maximum Gasteiger partial charge on any atom is 0.407 e. The number of piperidine rings is 1. The maximum atomic E-state index is 12.5. The standard InChI is InChI=1S/C19H37N5O4/c1-19(2,3)28-18(27)22-11-7-5-6-8-15(20)16(25)24-12-9-14(10-13-24)23-17(26)21-4/h14-15H,5-13,20H2,1-4H3,(H,22,27)(H2,21,23,26)/t15-/m1/s1. The quantitative estimate of drug-likeness (QED) is 0.458. The Kier molecular flexibility index (Phi) is 10.1. The lowest BCUT2D eigenvalue weighted by molar-refractivity contribution is -0.133. The lowest BCUT2D eigenvalue weighted by Crippen LogP contribution is -2.51. The van der Waals surface area contributed by atoms with Gasteiger partial charge in [0.25, 0.3) is 0 Å². The normalized spacial score (nSPS) is 16.2. The predicted molar refractivity (Wildman–Crippen MR) is 108 cm³/mol. The molecule has 162 valence electrons. The number of likely N-dealkylation sites (tertiary alicyclic amines) is 1. The number of ether oxygens (including phenoxy) is 1. The minimum absolute atomic E-state index is 0.0229. The summed E-state index contributed by atoms with van der Waals surface area (Å²) in [6, 6.07) is -0.595. The van der Waals surface area contributed by atoms with Crippen LogP contribution in [0.1, 0.15) is 59.3 Å². The summed E-state index contributed by atoms with van der Waals surface area (Å²) in [4.78, 5) is 37.1. The highest BCUT2D eigenvalue weighted by Crippen LogP contribution is 2.13. The molecule has 0 aromatic rings. The number of unbranched alkanes of at least 4 members (excludes halogenated alkanes) is 2. The molecule has 0 aromatic carbocycles. The van der Waals surface area contributed by atoms with Crippen LogP contribution in [-0.2, 0) is 9.53 Å². The van der Waals surface area contributed by atoms with Crippen LogP contribution in [-0.4, -0.2) is 67.3 Å². The molecule has 1 aliphatic rings. The molecule has 5 N–H and O–H groups in total. The molecule has 0 bridgehead atoms. The third-order valence-corrected chi connectivity index (χ3v) is 4.55. The number of urea groups is 1. The Hall–Kier alpha value is -2.03. The second-order valence-corrected chi connectivity index (χ2v) is 8.21. The molecule has 1 heterocycles. The third-order valence-electron chi connectivity index (χ3n) is 4.55. The van der Waals surface area contributed by atoms with Crippen LogP contribution in [0.25, 0.3) is 0 Å². The number of nitrogens with one attached hydrogen (secondary N) is 3. The van der Waals surface area contributed by atoms with Gasteiger partial charge in [0.2, 0.25) is 5.91 Å². The maximum absolute atomic E-state index is 12.5. The lowest BCUT2D eigenvalue weighted by Gasteiger charge is -2.33. The Balaban J connectivity index is 2.14. The Morgan fingerprint density at radius 3 is 2.36 bits per heavy atom. The summed E-state index contributed by atoms with van der Waals surface area (Å²) < 4.78 is 5.17. The van der Waals surface area contributed by atoms with Gasteiger partial charge in [-0.2, -0.15) is 0 Å². The van der Waals surface area contributed by atoms with Crippen molar-refractivity contribution in [2.45, 2.75) is 77.0 Å². The zero-order valence-electron chi connectivity index (χ0n) is 17.7. The van der Waals surface area contributed by atoms with E-state index in [-0.39, 0.29) is 18.0 Å². The molecule has 4 amide bonds. The number of alkyl carbamates (subject to hydrolysis) is 1. The first-order chi connectivity index (χ1) is 13.1. The van der Waals surface area contributed by atoms with Gasteiger partial charge in [0.1, 0.15) is 5.60 Å². The van der Waals surface area contributed by atoms with Gasteiger partial charge in [-0.25, -0.2) is 9.59 Å². The van der Waals surface area contributed by atoms with Crippen LogP contribution in [0, 0.1) is 0 Å². The fourth-order valence-corrected chi connectivity index (χ4v) is 3.03. The zero-order chi connectivity index (χ0) is 21.2. The third kappa shape index (κ3) is 9.77. The molecule has 0 saturated carbocycles. The van der Waals surface area contributed by atoms with E-state index in [9.17, 15) is 14.4 Å². The number of nitrogens with zero attached hydrogens (tertiary/aromatic N) is 1. The van der Waals surface area contributed by atoms with Crippen molar-refractivity contribution in [1.82, 2.24) is 20.9 Å². The van der Waals surface area contributed by atoms with E-state index >= 15 is 0 Å². The van der Waals surface area contributed by atoms with Crippen LogP contribution in [0.3, 0.4) is 0 Å². The number of nitrogens with two attached hydrogens (primary N) is 1. The Morgan fingerprint density at radius 2 is 1.79 bits per heavy atom. The minimum atomic E-state index is -0.498. The molecule has 28 heavy (non-hydrogen) atoms. The average Bonchev–Trinajstić information content (AvgIpc) is 2.62. The largest absolute Gasteiger partial charge is 0.444 e. The van der Waals surface area contributed by atoms with Crippen molar-refractivity contribution >= 4 is 18.0 Å². The number of carbonyl (C=O) groups is 3. The number of hydrogen-bond donors (Lipinski definition) is 4. The predicted octanol–water partition coefficient (Wildman–Crippen LogP) is 1.32. The van der Waals surface area contributed by atoms with Gasteiger partial charge in [0.15, 0.2) is 0 Å². The van der Waals surface area contributed by atoms with Crippen molar-refractivity contribution in [2.24, 2.45) is 5.73 Å². The summed E-state index contributed by atoms with van der Waals surface area (Å²) in [6.07, 6.45) is 4.23. The van der Waals surface area contributed by atoms with Crippen LogP contribution >= 0.6 is 0 Å². The number of rotatable bonds is 8. The second-order valence-electron chi connectivity index (χ2n) is 8.21. The monoisotopic (exact) mass is 399 g/mol. The molecule has 0 unspecified atom stereocenters. The lowest BCUT2D eigenvalue weighted by atomic mass is 10.0. The van der Waals surface area contributed by atoms with Gasteiger partial charge in [-0.1, -0.05) is 12.8 Å². The molecule has 1 rings (SSSR count). The van der Waals surface area contributed by atoms with Gasteiger partial charge in [-0.3, -0.25) is 4.79 Å². The average molecular weight is 400 g/mol. The summed E-state index contributed by atoms with van der Waals surface area (Å²) >= 11 is 0. The number of carbonyl (C=O) groups excluding carboxylic acids is 3. The fraction of sp³-hybridized carbons (Fsp3) is 0.842. The summed E-state index contributed by atoms with van der Waals surface area (Å²) in [5.74, 6) is -0.0229. The van der Waals surface area contributed by atoms with Crippen LogP contribution in [0.5, 0.6) is 0 Å². The highest BCUT2D eigenvalue weighted by Gasteiger charge is 2.26. The Morgan fingerprint density at radius 1 is 1.14 bits per heavy atom. The van der Waals surface area contributed by atoms with Gasteiger partial charge in [-0.05, 0) is 46.5 Å². The molecule has 9 nitrogen and oxygen atoms in total. The highest BCUT2D eigenvalue weighted by atomic mass is 16.6. The van der Waals surface area contributed by atoms with Gasteiger partial charge < -0.3 is 31.3 Å². The summed E-state index contributed by atoms with van der Waals surface area (Å²) in [5.41, 5.74) is 5.56. The molecule has 1 fully saturated rings. The second kappa shape index (κ2) is 11.7. The fourth-order valence-electron chi connectivity index (χ4n) is 3.03. The first-order valence-electron chi connectivity index (χ1n) is 10.1. The molecule has 0 spiro atoms. The molecular formula is C19H37N5O4. The Bertz CT molecular complexity index is 513. The van der Waals surface area contributed by atoms with Gasteiger partial charge in [-0.15, -0.1) is 0 Å². The molecule has 0 aromatic heterocycles. The van der Waals surface area contributed by atoms with Crippen LogP contribution in [0.15, 0.2) is 0 Å². The smallest absolute Gasteiger partial charge is 0.407 e. The number of amides is 4. The van der Waals surface area contributed by atoms with E-state index in [2.05, 4.69) is 16.0 Å². The van der Waals surface area contributed by atoms with Crippen molar-refractivity contribution in [3.05, 3.63) is 0 Å². The van der Waals surface area contributed by atoms with Gasteiger partial charge in [0, 0.05) is 32.7 Å². The van der Waals surface area contributed by atoms with E-state index in [1.807, 2.05) is 20.8 Å². The van der Waals surface area contributed by atoms with Crippen LogP contribution < -0.4 is 21.7 Å². The van der Waals surface area contributed by atoms with E-state index in [0.717, 1.165) is 32.1 Å². The van der Waals surface area contributed by atoms with Crippen molar-refractivity contribution in [3.8, 4) is 0 Å². The van der Waals surface area contributed by atoms with Crippen molar-refractivity contribution in [3.63, 3.8) is 0 Å². The molecule has 9 heteroatoms. The summed E-state index contributed by atoms with van der Waals surface area (Å²) in [7, 11) is 1.58. The van der Waals surface area contributed by atoms with Gasteiger partial charge in [0.05, 0.1) is 6.04 Å². The topological polar surface area (TPSA) is 126 Å². The van der Waals surface area contributed by atoms with E-state index in [1.54, 1.807) is 11.9 Å². The first-order valence-corrected chi connectivity index (χ1v) is 10.1. The van der Waals surface area contributed by atoms with Crippen LogP contribution in [0.2, 0.25) is 0 Å². The minimum Gasteiger partial charge on any atom is -0.444 e. The molecule has 1 aliphatic heterocycles. The first kappa shape index (κ1) is 24.0. The summed E-state index contributed by atoms with van der Waals surface area (Å²) in [6.45, 7) is 7.25. The molecule has 1 saturated heterocycles. The van der Waals surface area contributed by atoms with E-state index in [4.69, 9.17) is 10.5 Å². The van der Waals surface area contributed by atoms with Gasteiger partial charge >= 0.3 is 12.1 Å². The molecular weight excluding hydrogens is 362 g/mol. The zero-order valence-corrected chi connectivity index (χ0v) is 17.7.